The second-order valence-corrected chi connectivity index (χ2v) is 7.90. The van der Waals surface area contributed by atoms with Crippen molar-refractivity contribution in [1.82, 2.24) is 20.1 Å². The van der Waals surface area contributed by atoms with Gasteiger partial charge in [0, 0.05) is 38.6 Å². The summed E-state index contributed by atoms with van der Waals surface area (Å²) >= 11 is 0. The molecule has 0 spiro atoms. The molecule has 2 N–H and O–H groups in total. The van der Waals surface area contributed by atoms with Crippen molar-refractivity contribution in [3.05, 3.63) is 29.3 Å². The second kappa shape index (κ2) is 7.57. The first-order valence-corrected chi connectivity index (χ1v) is 9.97. The number of benzene rings is 1. The van der Waals surface area contributed by atoms with E-state index in [9.17, 15) is 19.2 Å². The highest BCUT2D eigenvalue weighted by molar-refractivity contribution is 6.25. The van der Waals surface area contributed by atoms with Crippen LogP contribution in [0.15, 0.2) is 18.2 Å². The van der Waals surface area contributed by atoms with Crippen LogP contribution in [0.25, 0.3) is 0 Å². The normalized spacial score (nSPS) is 23.6. The van der Waals surface area contributed by atoms with Gasteiger partial charge in [-0.25, -0.2) is 5.01 Å². The van der Waals surface area contributed by atoms with Crippen molar-refractivity contribution >= 4 is 29.3 Å². The van der Waals surface area contributed by atoms with E-state index in [1.165, 1.54) is 0 Å². The molecule has 3 heterocycles. The molecule has 29 heavy (non-hydrogen) atoms. The van der Waals surface area contributed by atoms with Crippen molar-refractivity contribution in [2.24, 2.45) is 0 Å². The predicted molar refractivity (Wildman–Crippen MR) is 105 cm³/mol. The maximum atomic E-state index is 13.1. The molecule has 0 radical (unpaired) electrons. The van der Waals surface area contributed by atoms with Gasteiger partial charge < -0.3 is 5.43 Å². The van der Waals surface area contributed by atoms with E-state index in [4.69, 9.17) is 0 Å². The van der Waals surface area contributed by atoms with Gasteiger partial charge in [-0.2, -0.15) is 0 Å². The number of hydrogen-bond acceptors (Lipinski definition) is 7. The Kier molecular flexibility index (Phi) is 5.10. The smallest absolute Gasteiger partial charge is 0.264 e. The molecule has 3 aliphatic rings. The van der Waals surface area contributed by atoms with Crippen molar-refractivity contribution < 1.29 is 19.2 Å². The van der Waals surface area contributed by atoms with E-state index < -0.39 is 23.8 Å². The Morgan fingerprint density at radius 3 is 2.41 bits per heavy atom. The molecule has 0 aromatic heterocycles. The maximum absolute atomic E-state index is 13.1. The minimum absolute atomic E-state index is 0.106. The van der Waals surface area contributed by atoms with Crippen molar-refractivity contribution in [2.45, 2.75) is 38.8 Å². The van der Waals surface area contributed by atoms with Crippen LogP contribution in [0.1, 0.15) is 47.4 Å². The molecule has 1 unspecified atom stereocenters. The summed E-state index contributed by atoms with van der Waals surface area (Å²) in [5.74, 6) is -1.97. The fourth-order valence-corrected chi connectivity index (χ4v) is 4.13. The van der Waals surface area contributed by atoms with Gasteiger partial charge in [-0.15, -0.1) is 0 Å². The number of amides is 4. The molecular weight excluding hydrogens is 374 g/mol. The quantitative estimate of drug-likeness (QED) is 0.709. The van der Waals surface area contributed by atoms with Crippen molar-refractivity contribution in [3.8, 4) is 0 Å². The summed E-state index contributed by atoms with van der Waals surface area (Å²) in [6, 6.07) is 4.63. The Balaban J connectivity index is 1.54. The van der Waals surface area contributed by atoms with Gasteiger partial charge in [-0.3, -0.25) is 34.3 Å². The third-order valence-corrected chi connectivity index (χ3v) is 5.79. The number of carbonyl (C=O) groups excluding carboxylic acids is 4. The average Bonchev–Trinajstić information content (AvgIpc) is 2.94. The number of nitrogens with one attached hydrogen (secondary N) is 2. The molecule has 4 amide bonds. The van der Waals surface area contributed by atoms with E-state index in [-0.39, 0.29) is 29.9 Å². The monoisotopic (exact) mass is 399 g/mol. The highest BCUT2D eigenvalue weighted by atomic mass is 16.2. The molecule has 1 atom stereocenters. The summed E-state index contributed by atoms with van der Waals surface area (Å²) in [4.78, 5) is 53.0. The summed E-state index contributed by atoms with van der Waals surface area (Å²) in [5.41, 5.74) is 4.42. The number of fused-ring (bicyclic) bond motifs is 1. The fraction of sp³-hybridized carbons (Fsp3) is 0.500. The molecule has 2 saturated heterocycles. The van der Waals surface area contributed by atoms with Gasteiger partial charge in [0.1, 0.15) is 6.04 Å². The number of anilines is 1. The molecule has 1 aromatic carbocycles. The number of piperidine rings is 1. The van der Waals surface area contributed by atoms with Gasteiger partial charge in [-0.05, 0) is 32.4 Å². The molecule has 2 fully saturated rings. The molecule has 0 saturated carbocycles. The van der Waals surface area contributed by atoms with Crippen LogP contribution in [0.4, 0.5) is 5.69 Å². The number of hydrogen-bond donors (Lipinski definition) is 2. The molecule has 0 bridgehead atoms. The van der Waals surface area contributed by atoms with Crippen LogP contribution < -0.4 is 10.7 Å². The van der Waals surface area contributed by atoms with Gasteiger partial charge in [0.2, 0.25) is 11.8 Å². The SMILES string of the molecule is CC(C)N1CCN(Nc2cccc3c2C(=O)N(C2CCC(=O)NC2=O)C3=O)CC1. The Hall–Kier alpha value is -2.78. The van der Waals surface area contributed by atoms with Crippen molar-refractivity contribution in [2.75, 3.05) is 31.6 Å². The lowest BCUT2D eigenvalue weighted by molar-refractivity contribution is -0.136. The van der Waals surface area contributed by atoms with E-state index in [0.29, 0.717) is 11.7 Å². The van der Waals surface area contributed by atoms with Crippen LogP contribution in [-0.4, -0.2) is 76.7 Å². The Morgan fingerprint density at radius 1 is 1.03 bits per heavy atom. The second-order valence-electron chi connectivity index (χ2n) is 7.90. The van der Waals surface area contributed by atoms with Crippen LogP contribution in [-0.2, 0) is 9.59 Å². The number of carbonyl (C=O) groups is 4. The van der Waals surface area contributed by atoms with Gasteiger partial charge in [0.15, 0.2) is 0 Å². The number of hydrazine groups is 1. The summed E-state index contributed by atoms with van der Waals surface area (Å²) in [5, 5.41) is 4.26. The van der Waals surface area contributed by atoms with E-state index >= 15 is 0 Å². The van der Waals surface area contributed by atoms with Crippen LogP contribution in [0, 0.1) is 0 Å². The van der Waals surface area contributed by atoms with Crippen LogP contribution in [0.2, 0.25) is 0 Å². The van der Waals surface area contributed by atoms with Crippen molar-refractivity contribution in [1.29, 1.82) is 0 Å². The summed E-state index contributed by atoms with van der Waals surface area (Å²) < 4.78 is 0. The Morgan fingerprint density at radius 2 is 1.76 bits per heavy atom. The standard InChI is InChI=1S/C20H25N5O4/c1-12(2)23-8-10-24(11-9-23)22-14-5-3-4-13-17(14)20(29)25(19(13)28)15-6-7-16(26)21-18(15)27/h3-5,12,15,22H,6-11H2,1-2H3,(H,21,26,27). The molecule has 9 heteroatoms. The minimum Gasteiger partial charge on any atom is -0.318 e. The largest absolute Gasteiger partial charge is 0.318 e. The minimum atomic E-state index is -0.956. The zero-order valence-corrected chi connectivity index (χ0v) is 16.6. The maximum Gasteiger partial charge on any atom is 0.264 e. The highest BCUT2D eigenvalue weighted by Crippen LogP contribution is 2.32. The van der Waals surface area contributed by atoms with Gasteiger partial charge in [0.25, 0.3) is 11.8 Å². The lowest BCUT2D eigenvalue weighted by Crippen LogP contribution is -2.54. The zero-order valence-electron chi connectivity index (χ0n) is 16.6. The summed E-state index contributed by atoms with van der Waals surface area (Å²) in [7, 11) is 0. The topological polar surface area (TPSA) is 102 Å². The first-order chi connectivity index (χ1) is 13.9. The molecule has 3 aliphatic heterocycles. The summed E-state index contributed by atoms with van der Waals surface area (Å²) in [6.07, 6.45) is 0.255. The predicted octanol–water partition coefficient (Wildman–Crippen LogP) is 0.441. The lowest BCUT2D eigenvalue weighted by Gasteiger charge is -2.37. The van der Waals surface area contributed by atoms with Crippen molar-refractivity contribution in [3.63, 3.8) is 0 Å². The number of rotatable bonds is 4. The van der Waals surface area contributed by atoms with Gasteiger partial charge in [0.05, 0.1) is 16.8 Å². The zero-order chi connectivity index (χ0) is 20.7. The first-order valence-electron chi connectivity index (χ1n) is 9.97. The number of piperazine rings is 1. The number of nitrogens with zero attached hydrogens (tertiary/aromatic N) is 3. The summed E-state index contributed by atoms with van der Waals surface area (Å²) in [6.45, 7) is 7.74. The molecule has 0 aliphatic carbocycles. The molecule has 154 valence electrons. The Bertz CT molecular complexity index is 876. The number of imide groups is 2. The first kappa shape index (κ1) is 19.5. The average molecular weight is 399 g/mol. The van der Waals surface area contributed by atoms with Gasteiger partial charge in [-0.1, -0.05) is 6.07 Å². The molecule has 9 nitrogen and oxygen atoms in total. The third kappa shape index (κ3) is 3.51. The van der Waals surface area contributed by atoms with Crippen LogP contribution >= 0.6 is 0 Å². The van der Waals surface area contributed by atoms with E-state index in [1.807, 2.05) is 5.01 Å². The third-order valence-electron chi connectivity index (χ3n) is 5.79. The lowest BCUT2D eigenvalue weighted by atomic mass is 10.0. The fourth-order valence-electron chi connectivity index (χ4n) is 4.13. The molecule has 4 rings (SSSR count). The van der Waals surface area contributed by atoms with Crippen LogP contribution in [0.3, 0.4) is 0 Å². The van der Waals surface area contributed by atoms with E-state index in [2.05, 4.69) is 29.5 Å². The molecule has 1 aromatic rings. The Labute approximate surface area is 169 Å². The van der Waals surface area contributed by atoms with Gasteiger partial charge >= 0.3 is 0 Å². The highest BCUT2D eigenvalue weighted by Gasteiger charge is 2.45. The van der Waals surface area contributed by atoms with E-state index in [0.717, 1.165) is 31.1 Å². The van der Waals surface area contributed by atoms with Crippen LogP contribution in [0.5, 0.6) is 0 Å². The molecular formula is C20H25N5O4. The van der Waals surface area contributed by atoms with E-state index in [1.54, 1.807) is 18.2 Å².